The lowest BCUT2D eigenvalue weighted by Gasteiger charge is -2.69. The van der Waals surface area contributed by atoms with Crippen LogP contribution in [0.1, 0.15) is 132 Å². The Hall–Kier alpha value is -3.02. The number of nitrogens with one attached hydrogen (secondary N) is 2. The summed E-state index contributed by atoms with van der Waals surface area (Å²) >= 11 is 0. The van der Waals surface area contributed by atoms with E-state index in [2.05, 4.69) is 29.9 Å². The van der Waals surface area contributed by atoms with Gasteiger partial charge in [-0.05, 0) is 69.6 Å². The highest BCUT2D eigenvalue weighted by molar-refractivity contribution is 5.76. The monoisotopic (exact) mass is 715 g/mol. The molecule has 10 nitrogen and oxygen atoms in total. The first kappa shape index (κ1) is 40.7. The number of primary amides is 1. The van der Waals surface area contributed by atoms with Gasteiger partial charge in [0, 0.05) is 76.6 Å². The van der Waals surface area contributed by atoms with Crippen LogP contribution in [-0.4, -0.2) is 61.5 Å². The van der Waals surface area contributed by atoms with Gasteiger partial charge in [-0.25, -0.2) is 4.39 Å². The molecular formula is C40H62FN3O7. The minimum atomic E-state index is -0.351. The molecule has 5 atom stereocenters. The highest BCUT2D eigenvalue weighted by Gasteiger charge is 2.70. The smallest absolute Gasteiger partial charge is 0.219 e. The Kier molecular flexibility index (Phi) is 15.8. The number of amides is 3. The first-order chi connectivity index (χ1) is 24.4. The molecule has 1 saturated carbocycles. The summed E-state index contributed by atoms with van der Waals surface area (Å²) in [7, 11) is 0. The molecule has 51 heavy (non-hydrogen) atoms. The van der Waals surface area contributed by atoms with Gasteiger partial charge in [0.15, 0.2) is 17.9 Å². The zero-order valence-corrected chi connectivity index (χ0v) is 31.5. The zero-order chi connectivity index (χ0) is 37.0. The summed E-state index contributed by atoms with van der Waals surface area (Å²) in [6, 6.07) is 0. The maximum Gasteiger partial charge on any atom is 0.219 e. The molecule has 0 aromatic heterocycles. The molecule has 4 N–H and O–H groups in total. The van der Waals surface area contributed by atoms with E-state index in [1.54, 1.807) is 0 Å². The largest absolute Gasteiger partial charge is 0.459 e. The van der Waals surface area contributed by atoms with Crippen LogP contribution in [0.15, 0.2) is 12.3 Å². The van der Waals surface area contributed by atoms with Crippen molar-refractivity contribution in [2.24, 2.45) is 11.7 Å². The Balaban J connectivity index is 0.00000138. The number of benzene rings is 1. The number of ether oxygens (including phenoxy) is 4. The summed E-state index contributed by atoms with van der Waals surface area (Å²) in [4.78, 5) is 33.5. The van der Waals surface area contributed by atoms with Gasteiger partial charge in [-0.1, -0.05) is 45.1 Å². The quantitative estimate of drug-likeness (QED) is 0.273. The van der Waals surface area contributed by atoms with E-state index in [0.29, 0.717) is 68.9 Å². The molecule has 1 aromatic carbocycles. The Morgan fingerprint density at radius 1 is 0.824 bits per heavy atom. The number of halogens is 1. The third kappa shape index (κ3) is 11.5. The second-order valence-corrected chi connectivity index (χ2v) is 14.9. The fourth-order valence-corrected chi connectivity index (χ4v) is 7.85. The fraction of sp³-hybridized carbons (Fsp3) is 0.725. The Morgan fingerprint density at radius 3 is 2.00 bits per heavy atom. The Morgan fingerprint density at radius 2 is 1.39 bits per heavy atom. The molecule has 6 rings (SSSR count). The predicted octanol–water partition coefficient (Wildman–Crippen LogP) is 6.67. The summed E-state index contributed by atoms with van der Waals surface area (Å²) in [5.74, 6) is 0.679. The summed E-state index contributed by atoms with van der Waals surface area (Å²) in [5.41, 5.74) is 7.64. The molecule has 3 amide bonds. The molecule has 4 unspecified atom stereocenters. The highest BCUT2D eigenvalue weighted by Crippen LogP contribution is 2.61. The van der Waals surface area contributed by atoms with Gasteiger partial charge < -0.3 is 35.3 Å². The molecule has 1 spiro atoms. The number of hydrogen-bond acceptors (Lipinski definition) is 7. The molecule has 3 fully saturated rings. The second-order valence-electron chi connectivity index (χ2n) is 14.9. The van der Waals surface area contributed by atoms with E-state index in [1.165, 1.54) is 19.8 Å². The van der Waals surface area contributed by atoms with Gasteiger partial charge in [0.2, 0.25) is 17.7 Å². The summed E-state index contributed by atoms with van der Waals surface area (Å²) in [6.07, 6.45) is 14.5. The van der Waals surface area contributed by atoms with Gasteiger partial charge in [0.1, 0.15) is 0 Å². The van der Waals surface area contributed by atoms with E-state index in [9.17, 15) is 14.4 Å². The number of hydrogen-bond donors (Lipinski definition) is 3. The molecular weight excluding hydrogens is 653 g/mol. The van der Waals surface area contributed by atoms with Crippen LogP contribution in [-0.2, 0) is 35.0 Å². The van der Waals surface area contributed by atoms with E-state index in [0.717, 1.165) is 80.9 Å². The van der Waals surface area contributed by atoms with Crippen LogP contribution in [0.25, 0.3) is 0 Å². The first-order valence-electron chi connectivity index (χ1n) is 19.3. The number of carbonyl (C=O) groups excluding carboxylic acids is 3. The molecule has 4 bridgehead atoms. The number of fused-ring (bicyclic) bond motifs is 23. The first-order valence-corrected chi connectivity index (χ1v) is 19.3. The molecule has 286 valence electrons. The lowest BCUT2D eigenvalue weighted by Crippen LogP contribution is -2.78. The standard InChI is InChI=1S/C38H57FN2O6.C2H5NO/c1-25-16-11-9-7-5-6-8-10-12-17-32(42)40-19-15-20-41-33(43)18-13-14-21-44-34-22-30-35-31(46-34)24-38(35,47-30)23-29-27(3)26(2)28(4)36(39)37(29)45-25;1-2(3)4/h30-31,34-35H,1,5-24H2,2-4H3,(H,40,42)(H,41,43);1H3,(H2,3,4)/t30?,31?,34?,35-,38?;/m1./s1. The zero-order valence-electron chi connectivity index (χ0n) is 31.5. The molecule has 11 heteroatoms. The molecule has 0 radical (unpaired) electrons. The van der Waals surface area contributed by atoms with Gasteiger partial charge in [-0.2, -0.15) is 0 Å². The lowest BCUT2D eigenvalue weighted by atomic mass is 9.55. The van der Waals surface area contributed by atoms with Crippen molar-refractivity contribution in [2.45, 2.75) is 161 Å². The normalized spacial score (nSPS) is 29.1. The average molecular weight is 716 g/mol. The summed E-state index contributed by atoms with van der Waals surface area (Å²) in [6.45, 7) is 13.0. The Bertz CT molecular complexity index is 1350. The summed E-state index contributed by atoms with van der Waals surface area (Å²) in [5, 5.41) is 5.91. The maximum atomic E-state index is 15.8. The Labute approximate surface area is 304 Å². The number of carbonyl (C=O) groups is 3. The van der Waals surface area contributed by atoms with Crippen molar-refractivity contribution in [2.75, 3.05) is 19.7 Å². The average Bonchev–Trinajstić information content (AvgIpc) is 3.06. The molecule has 2 saturated heterocycles. The van der Waals surface area contributed by atoms with Crippen molar-refractivity contribution < 1.29 is 37.7 Å². The number of rotatable bonds is 0. The summed E-state index contributed by atoms with van der Waals surface area (Å²) < 4.78 is 41.0. The van der Waals surface area contributed by atoms with Gasteiger partial charge in [-0.3, -0.25) is 14.4 Å². The van der Waals surface area contributed by atoms with Crippen LogP contribution in [0.4, 0.5) is 4.39 Å². The predicted molar refractivity (Wildman–Crippen MR) is 195 cm³/mol. The minimum absolute atomic E-state index is 0.0320. The van der Waals surface area contributed by atoms with Crippen LogP contribution in [0.2, 0.25) is 0 Å². The fourth-order valence-electron chi connectivity index (χ4n) is 7.85. The molecule has 1 aromatic rings. The highest BCUT2D eigenvalue weighted by atomic mass is 19.1. The van der Waals surface area contributed by atoms with Crippen molar-refractivity contribution >= 4 is 17.7 Å². The van der Waals surface area contributed by atoms with E-state index in [4.69, 9.17) is 18.9 Å². The van der Waals surface area contributed by atoms with Gasteiger partial charge in [0.05, 0.1) is 23.6 Å². The van der Waals surface area contributed by atoms with Crippen LogP contribution in [0.5, 0.6) is 5.75 Å². The van der Waals surface area contributed by atoms with Crippen molar-refractivity contribution in [3.05, 3.63) is 40.4 Å². The minimum Gasteiger partial charge on any atom is -0.459 e. The second kappa shape index (κ2) is 19.7. The van der Waals surface area contributed by atoms with E-state index < -0.39 is 0 Å². The molecule has 4 aliphatic heterocycles. The number of allylic oxidation sites excluding steroid dienone is 1. The van der Waals surface area contributed by atoms with Gasteiger partial charge in [-0.15, -0.1) is 0 Å². The van der Waals surface area contributed by atoms with E-state index in [1.807, 2.05) is 13.8 Å². The van der Waals surface area contributed by atoms with E-state index >= 15 is 4.39 Å². The van der Waals surface area contributed by atoms with E-state index in [-0.39, 0.29) is 53.6 Å². The molecule has 5 aliphatic rings. The topological polar surface area (TPSA) is 138 Å². The lowest BCUT2D eigenvalue weighted by molar-refractivity contribution is -0.416. The molecule has 1 aliphatic carbocycles. The SMILES string of the molecule is C=C1CCCCCCCCCCC(=O)NCCCNC(=O)CCCCOC2CC3OC4(Cc5c(C)c(C)c(C)c(F)c5O1)CC(O2)[C@@H]34.CC(N)=O. The number of nitrogens with two attached hydrogens (primary N) is 1. The van der Waals surface area contributed by atoms with Crippen LogP contribution in [0.3, 0.4) is 0 Å². The van der Waals surface area contributed by atoms with Crippen LogP contribution in [0, 0.1) is 32.5 Å². The van der Waals surface area contributed by atoms with Gasteiger partial charge in [0.25, 0.3) is 0 Å². The van der Waals surface area contributed by atoms with Crippen molar-refractivity contribution in [3.63, 3.8) is 0 Å². The van der Waals surface area contributed by atoms with Crippen LogP contribution < -0.4 is 21.1 Å². The third-order valence-corrected chi connectivity index (χ3v) is 10.9. The van der Waals surface area contributed by atoms with Crippen molar-refractivity contribution in [3.8, 4) is 5.75 Å². The van der Waals surface area contributed by atoms with Crippen molar-refractivity contribution in [1.29, 1.82) is 0 Å². The third-order valence-electron chi connectivity index (χ3n) is 10.9. The molecule has 4 heterocycles. The van der Waals surface area contributed by atoms with Crippen molar-refractivity contribution in [1.82, 2.24) is 10.6 Å². The maximum absolute atomic E-state index is 15.8. The van der Waals surface area contributed by atoms with Gasteiger partial charge >= 0.3 is 0 Å². The van der Waals surface area contributed by atoms with Crippen LogP contribution >= 0.6 is 0 Å².